The number of hydrogen-bond donors (Lipinski definition) is 2. The van der Waals surface area contributed by atoms with Crippen LogP contribution in [0.25, 0.3) is 0 Å². The van der Waals surface area contributed by atoms with Crippen molar-refractivity contribution in [2.24, 2.45) is 40.4 Å². The molecule has 3 unspecified atom stereocenters. The standard InChI is InChI=1S/C37H50N2O10/c1-7-38-17-34(18-49-32(42)20-10-8-9-11-23(20)39-26(40)14-19(2)31(39)41)13-12-25(46-4)36-22-15-21-24(45-3)16-35(43,27(22)28(21)47-5)37(44,33(36)38)30(48-6)29(34)36/h8-11,19,21-22,24-25,27-30,33,43-44H,7,12-18H2,1-6H3/t19-,21+,22+,24-,25-,27+,28?,29?,30-,33?,34-,35+,36-,37-/m0/s1. The van der Waals surface area contributed by atoms with E-state index in [1.54, 1.807) is 59.6 Å². The third kappa shape index (κ3) is 3.86. The molecule has 2 aliphatic heterocycles. The molecule has 5 aliphatic carbocycles. The van der Waals surface area contributed by atoms with Gasteiger partial charge in [-0.25, -0.2) is 9.69 Å². The largest absolute Gasteiger partial charge is 0.461 e. The number of para-hydroxylation sites is 1. The van der Waals surface area contributed by atoms with E-state index < -0.39 is 46.1 Å². The van der Waals surface area contributed by atoms with Crippen molar-refractivity contribution in [2.45, 2.75) is 87.6 Å². The molecule has 8 rings (SSSR count). The molecule has 12 nitrogen and oxygen atoms in total. The number of esters is 1. The highest BCUT2D eigenvalue weighted by molar-refractivity contribution is 6.22. The molecule has 7 aliphatic rings. The molecule has 5 saturated carbocycles. The van der Waals surface area contributed by atoms with Crippen LogP contribution < -0.4 is 4.90 Å². The van der Waals surface area contributed by atoms with Crippen molar-refractivity contribution in [1.82, 2.24) is 4.90 Å². The topological polar surface area (TPSA) is 144 Å². The first kappa shape index (κ1) is 33.7. The minimum Gasteiger partial charge on any atom is -0.461 e. The van der Waals surface area contributed by atoms with Crippen molar-refractivity contribution in [3.05, 3.63) is 29.8 Å². The van der Waals surface area contributed by atoms with Crippen molar-refractivity contribution >= 4 is 23.5 Å². The quantitative estimate of drug-likeness (QED) is 0.292. The lowest BCUT2D eigenvalue weighted by molar-refractivity contribution is -0.320. The second-order valence-corrected chi connectivity index (χ2v) is 16.0. The molecule has 1 aromatic carbocycles. The highest BCUT2D eigenvalue weighted by Crippen LogP contribution is 2.80. The summed E-state index contributed by atoms with van der Waals surface area (Å²) < 4.78 is 31.4. The summed E-state index contributed by atoms with van der Waals surface area (Å²) in [6, 6.07) is 6.12. The summed E-state index contributed by atoms with van der Waals surface area (Å²) in [5.74, 6) is -2.47. The van der Waals surface area contributed by atoms with Crippen LogP contribution in [0, 0.1) is 40.4 Å². The number of piperidine rings is 1. The third-order valence-electron chi connectivity index (χ3n) is 14.5. The van der Waals surface area contributed by atoms with Gasteiger partial charge >= 0.3 is 5.97 Å². The van der Waals surface area contributed by atoms with Crippen LogP contribution in [0.4, 0.5) is 5.69 Å². The number of ether oxygens (including phenoxy) is 5. The second-order valence-electron chi connectivity index (χ2n) is 16.0. The summed E-state index contributed by atoms with van der Waals surface area (Å²) in [5.41, 5.74) is -4.17. The molecular formula is C37H50N2O10. The summed E-state index contributed by atoms with van der Waals surface area (Å²) in [6.07, 6.45) is 0.813. The van der Waals surface area contributed by atoms with Gasteiger partial charge in [-0.15, -0.1) is 0 Å². The molecule has 2 saturated heterocycles. The van der Waals surface area contributed by atoms with Crippen LogP contribution in [-0.2, 0) is 33.3 Å². The molecule has 7 fully saturated rings. The molecule has 2 amide bonds. The predicted molar refractivity (Wildman–Crippen MR) is 174 cm³/mol. The average molecular weight is 683 g/mol. The zero-order chi connectivity index (χ0) is 34.8. The number of carbonyl (C=O) groups is 3. The monoisotopic (exact) mass is 682 g/mol. The van der Waals surface area contributed by atoms with Gasteiger partial charge in [-0.1, -0.05) is 26.0 Å². The van der Waals surface area contributed by atoms with Crippen LogP contribution in [0.3, 0.4) is 0 Å². The molecule has 1 spiro atoms. The summed E-state index contributed by atoms with van der Waals surface area (Å²) >= 11 is 0. The number of fused-ring (bicyclic) bond motifs is 2. The third-order valence-corrected chi connectivity index (χ3v) is 14.5. The Hall–Kier alpha value is -2.45. The fraction of sp³-hybridized carbons (Fsp3) is 0.757. The smallest absolute Gasteiger partial charge is 0.340 e. The van der Waals surface area contributed by atoms with Gasteiger partial charge in [0.1, 0.15) is 11.2 Å². The van der Waals surface area contributed by atoms with Gasteiger partial charge in [-0.3, -0.25) is 14.5 Å². The highest BCUT2D eigenvalue weighted by atomic mass is 16.5. The van der Waals surface area contributed by atoms with Crippen LogP contribution in [-0.4, -0.2) is 123 Å². The molecule has 14 atom stereocenters. The Balaban J connectivity index is 1.23. The van der Waals surface area contributed by atoms with Crippen LogP contribution in [0.15, 0.2) is 24.3 Å². The van der Waals surface area contributed by atoms with E-state index in [1.165, 1.54) is 0 Å². The Morgan fingerprint density at radius 3 is 2.43 bits per heavy atom. The molecule has 0 aromatic heterocycles. The molecule has 49 heavy (non-hydrogen) atoms. The van der Waals surface area contributed by atoms with Crippen molar-refractivity contribution in [3.8, 4) is 0 Å². The van der Waals surface area contributed by atoms with E-state index in [1.807, 2.05) is 0 Å². The SMILES string of the molecule is CCN1C[C@]2(COC(=O)c3ccccc3N3C(=O)C[C@H](C)C3=O)CC[C@H](OC)[C@@]34C2[C@H](OC)[C@](O)(C13)[C@@]1(O)C[C@H](OC)[C@H]2C[C@@H]4[C@@H]1C2OC. The van der Waals surface area contributed by atoms with Crippen LogP contribution in [0.5, 0.6) is 0 Å². The lowest BCUT2D eigenvalue weighted by Crippen LogP contribution is -2.82. The molecule has 12 heteroatoms. The van der Waals surface area contributed by atoms with E-state index in [9.17, 15) is 24.6 Å². The molecule has 268 valence electrons. The number of carbonyl (C=O) groups excluding carboxylic acids is 3. The van der Waals surface area contributed by atoms with E-state index in [4.69, 9.17) is 23.7 Å². The van der Waals surface area contributed by atoms with E-state index in [0.29, 0.717) is 25.9 Å². The Morgan fingerprint density at radius 1 is 1.04 bits per heavy atom. The number of hydrogen-bond acceptors (Lipinski definition) is 11. The number of methoxy groups -OCH3 is 4. The van der Waals surface area contributed by atoms with Gasteiger partial charge in [0.2, 0.25) is 11.8 Å². The zero-order valence-corrected chi connectivity index (χ0v) is 29.3. The van der Waals surface area contributed by atoms with Gasteiger partial charge in [0, 0.05) is 82.3 Å². The van der Waals surface area contributed by atoms with E-state index in [-0.39, 0.29) is 84.5 Å². The minimum atomic E-state index is -1.70. The predicted octanol–water partition coefficient (Wildman–Crippen LogP) is 2.04. The van der Waals surface area contributed by atoms with Crippen molar-refractivity contribution in [2.75, 3.05) is 53.0 Å². The number of likely N-dealkylation sites (tertiary alicyclic amines) is 1. The number of benzene rings is 1. The fourth-order valence-electron chi connectivity index (χ4n) is 13.2. The fourth-order valence-corrected chi connectivity index (χ4v) is 13.2. The number of amides is 2. The Bertz CT molecular complexity index is 1560. The van der Waals surface area contributed by atoms with Gasteiger partial charge in [0.25, 0.3) is 0 Å². The van der Waals surface area contributed by atoms with Gasteiger partial charge in [-0.05, 0) is 43.9 Å². The molecule has 7 bridgehead atoms. The summed E-state index contributed by atoms with van der Waals surface area (Å²) in [6.45, 7) is 4.95. The lowest BCUT2D eigenvalue weighted by atomic mass is 9.42. The molecule has 0 radical (unpaired) electrons. The van der Waals surface area contributed by atoms with Gasteiger partial charge in [-0.2, -0.15) is 0 Å². The zero-order valence-electron chi connectivity index (χ0n) is 29.3. The normalized spacial score (nSPS) is 48.0. The van der Waals surface area contributed by atoms with Gasteiger partial charge < -0.3 is 33.9 Å². The van der Waals surface area contributed by atoms with Gasteiger partial charge in [0.15, 0.2) is 0 Å². The van der Waals surface area contributed by atoms with Gasteiger partial charge in [0.05, 0.1) is 48.3 Å². The lowest BCUT2D eigenvalue weighted by Gasteiger charge is -2.70. The average Bonchev–Trinajstić information content (AvgIpc) is 3.63. The maximum Gasteiger partial charge on any atom is 0.340 e. The van der Waals surface area contributed by atoms with Crippen molar-refractivity contribution < 1.29 is 48.3 Å². The minimum absolute atomic E-state index is 0.0358. The van der Waals surface area contributed by atoms with Crippen LogP contribution in [0.2, 0.25) is 0 Å². The van der Waals surface area contributed by atoms with E-state index >= 15 is 0 Å². The first-order valence-electron chi connectivity index (χ1n) is 17.9. The Kier molecular flexibility index (Phi) is 7.75. The summed E-state index contributed by atoms with van der Waals surface area (Å²) in [5, 5.41) is 26.6. The molecule has 1 aromatic rings. The highest BCUT2D eigenvalue weighted by Gasteiger charge is 2.91. The molecule has 2 heterocycles. The number of aliphatic hydroxyl groups is 2. The van der Waals surface area contributed by atoms with Crippen LogP contribution in [0.1, 0.15) is 56.3 Å². The number of likely N-dealkylation sites (N-methyl/N-ethyl adjacent to an activating group) is 1. The number of nitrogens with zero attached hydrogens (tertiary/aromatic N) is 2. The summed E-state index contributed by atoms with van der Waals surface area (Å²) in [7, 11) is 6.70. The van der Waals surface area contributed by atoms with E-state index in [0.717, 1.165) is 11.3 Å². The van der Waals surface area contributed by atoms with Crippen molar-refractivity contribution in [1.29, 1.82) is 0 Å². The Morgan fingerprint density at radius 2 is 1.80 bits per heavy atom. The number of anilines is 1. The van der Waals surface area contributed by atoms with E-state index in [2.05, 4.69) is 11.8 Å². The first-order valence-corrected chi connectivity index (χ1v) is 17.9. The maximum absolute atomic E-state index is 14.1. The summed E-state index contributed by atoms with van der Waals surface area (Å²) in [4.78, 5) is 43.3. The molecular weight excluding hydrogens is 632 g/mol. The number of rotatable bonds is 9. The second kappa shape index (κ2) is 11.3. The molecule has 2 N–H and O–H groups in total. The van der Waals surface area contributed by atoms with Crippen LogP contribution >= 0.6 is 0 Å². The first-order chi connectivity index (χ1) is 23.4. The maximum atomic E-state index is 14.1. The van der Waals surface area contributed by atoms with Crippen molar-refractivity contribution in [3.63, 3.8) is 0 Å². The Labute approximate surface area is 287 Å². The number of imide groups is 1.